The Labute approximate surface area is 112 Å². The lowest BCUT2D eigenvalue weighted by Gasteiger charge is -2.22. The van der Waals surface area contributed by atoms with Crippen molar-refractivity contribution in [3.05, 3.63) is 41.6 Å². The van der Waals surface area contributed by atoms with Gasteiger partial charge in [-0.1, -0.05) is 39.0 Å². The molecule has 0 aliphatic heterocycles. The lowest BCUT2D eigenvalue weighted by molar-refractivity contribution is 0.253. The number of hydrogen-bond acceptors (Lipinski definition) is 5. The number of para-hydroxylation sites is 1. The van der Waals surface area contributed by atoms with Gasteiger partial charge in [0.2, 0.25) is 5.89 Å². The fourth-order valence-corrected chi connectivity index (χ4v) is 1.78. The molecule has 5 nitrogen and oxygen atoms in total. The fraction of sp³-hybridized carbons (Fsp3) is 0.429. The molecule has 1 heterocycles. The Bertz CT molecular complexity index is 544. The molecule has 1 aromatic carbocycles. The van der Waals surface area contributed by atoms with Gasteiger partial charge in [0.15, 0.2) is 6.61 Å². The summed E-state index contributed by atoms with van der Waals surface area (Å²) < 4.78 is 11.1. The Morgan fingerprint density at radius 2 is 1.84 bits per heavy atom. The van der Waals surface area contributed by atoms with E-state index in [-0.39, 0.29) is 18.6 Å². The molecule has 5 heteroatoms. The first-order valence-electron chi connectivity index (χ1n) is 6.24. The van der Waals surface area contributed by atoms with E-state index in [1.54, 1.807) is 0 Å². The van der Waals surface area contributed by atoms with E-state index in [4.69, 9.17) is 14.9 Å². The van der Waals surface area contributed by atoms with Crippen LogP contribution in [-0.2, 0) is 18.6 Å². The van der Waals surface area contributed by atoms with Crippen LogP contribution in [0.25, 0.3) is 0 Å². The Hall–Kier alpha value is -1.88. The van der Waals surface area contributed by atoms with Gasteiger partial charge in [-0.2, -0.15) is 0 Å². The first-order valence-corrected chi connectivity index (χ1v) is 6.24. The number of nitrogens with two attached hydrogens (primary N) is 1. The van der Waals surface area contributed by atoms with Crippen molar-refractivity contribution in [3.63, 3.8) is 0 Å². The maximum absolute atomic E-state index is 5.77. The number of benzene rings is 1. The number of rotatable bonds is 4. The molecule has 0 aliphatic rings. The van der Waals surface area contributed by atoms with Crippen LogP contribution in [0, 0.1) is 0 Å². The SMILES string of the molecule is CC(C)(C)c1ccccc1OCc1nnc(CN)o1. The average molecular weight is 261 g/mol. The van der Waals surface area contributed by atoms with Gasteiger partial charge in [0.1, 0.15) is 5.75 Å². The predicted octanol–water partition coefficient (Wildman–Crippen LogP) is 2.40. The van der Waals surface area contributed by atoms with Crippen molar-refractivity contribution >= 4 is 0 Å². The number of aromatic nitrogens is 2. The Kier molecular flexibility index (Phi) is 3.85. The lowest BCUT2D eigenvalue weighted by atomic mass is 9.86. The summed E-state index contributed by atoms with van der Waals surface area (Å²) in [5.41, 5.74) is 6.58. The van der Waals surface area contributed by atoms with Crippen LogP contribution in [0.15, 0.2) is 28.7 Å². The number of nitrogens with zero attached hydrogens (tertiary/aromatic N) is 2. The smallest absolute Gasteiger partial charge is 0.253 e. The molecule has 2 N–H and O–H groups in total. The van der Waals surface area contributed by atoms with E-state index in [9.17, 15) is 0 Å². The van der Waals surface area contributed by atoms with E-state index < -0.39 is 0 Å². The Morgan fingerprint density at radius 1 is 1.16 bits per heavy atom. The van der Waals surface area contributed by atoms with Gasteiger partial charge in [-0.15, -0.1) is 10.2 Å². The molecule has 0 atom stereocenters. The minimum atomic E-state index is 0.0217. The molecule has 0 fully saturated rings. The summed E-state index contributed by atoms with van der Waals surface area (Å²) in [5, 5.41) is 7.67. The first kappa shape index (κ1) is 13.5. The molecule has 19 heavy (non-hydrogen) atoms. The summed E-state index contributed by atoms with van der Waals surface area (Å²) in [6.45, 7) is 6.93. The molecule has 2 aromatic rings. The quantitative estimate of drug-likeness (QED) is 0.914. The van der Waals surface area contributed by atoms with Crippen molar-refractivity contribution in [1.82, 2.24) is 10.2 Å². The topological polar surface area (TPSA) is 74.2 Å². The van der Waals surface area contributed by atoms with Crippen LogP contribution in [-0.4, -0.2) is 10.2 Å². The summed E-state index contributed by atoms with van der Waals surface area (Å²) in [5.74, 6) is 1.69. The minimum absolute atomic E-state index is 0.0217. The van der Waals surface area contributed by atoms with Crippen molar-refractivity contribution in [3.8, 4) is 5.75 Å². The average Bonchev–Trinajstić information content (AvgIpc) is 2.83. The van der Waals surface area contributed by atoms with Gasteiger partial charge in [-0.25, -0.2) is 0 Å². The molecule has 102 valence electrons. The second-order valence-corrected chi connectivity index (χ2v) is 5.33. The molecule has 0 saturated heterocycles. The lowest BCUT2D eigenvalue weighted by Crippen LogP contribution is -2.13. The second-order valence-electron chi connectivity index (χ2n) is 5.33. The van der Waals surface area contributed by atoms with Crippen LogP contribution in [0.3, 0.4) is 0 Å². The Morgan fingerprint density at radius 3 is 2.47 bits per heavy atom. The minimum Gasteiger partial charge on any atom is -0.484 e. The van der Waals surface area contributed by atoms with Gasteiger partial charge >= 0.3 is 0 Å². The highest BCUT2D eigenvalue weighted by Gasteiger charge is 2.18. The standard InChI is InChI=1S/C14H19N3O2/c1-14(2,3)10-6-4-5-7-11(10)18-9-13-17-16-12(8-15)19-13/h4-7H,8-9,15H2,1-3H3. The molecule has 2 rings (SSSR count). The molecule has 0 aliphatic carbocycles. The van der Waals surface area contributed by atoms with Gasteiger partial charge < -0.3 is 14.9 Å². The van der Waals surface area contributed by atoms with E-state index in [1.165, 1.54) is 0 Å². The van der Waals surface area contributed by atoms with Crippen LogP contribution in [0.5, 0.6) is 5.75 Å². The molecule has 0 amide bonds. The zero-order valence-corrected chi connectivity index (χ0v) is 11.5. The van der Waals surface area contributed by atoms with Crippen molar-refractivity contribution in [2.45, 2.75) is 39.3 Å². The first-order chi connectivity index (χ1) is 9.00. The molecule has 0 spiro atoms. The summed E-state index contributed by atoms with van der Waals surface area (Å²) in [6, 6.07) is 7.96. The van der Waals surface area contributed by atoms with Crippen molar-refractivity contribution < 1.29 is 9.15 Å². The zero-order valence-electron chi connectivity index (χ0n) is 11.5. The van der Waals surface area contributed by atoms with Crippen molar-refractivity contribution in [2.24, 2.45) is 5.73 Å². The normalized spacial score (nSPS) is 11.6. The maximum atomic E-state index is 5.77. The molecular weight excluding hydrogens is 242 g/mol. The molecule has 1 aromatic heterocycles. The van der Waals surface area contributed by atoms with Crippen LogP contribution in [0.1, 0.15) is 38.1 Å². The summed E-state index contributed by atoms with van der Waals surface area (Å²) >= 11 is 0. The zero-order chi connectivity index (χ0) is 13.9. The van der Waals surface area contributed by atoms with Gasteiger partial charge in [0.25, 0.3) is 5.89 Å². The predicted molar refractivity (Wildman–Crippen MR) is 71.7 cm³/mol. The maximum Gasteiger partial charge on any atom is 0.253 e. The van der Waals surface area contributed by atoms with Gasteiger partial charge in [0, 0.05) is 0 Å². The largest absolute Gasteiger partial charge is 0.484 e. The third-order valence-corrected chi connectivity index (χ3v) is 2.73. The molecule has 0 unspecified atom stereocenters. The molecule has 0 saturated carbocycles. The highest BCUT2D eigenvalue weighted by atomic mass is 16.5. The monoisotopic (exact) mass is 261 g/mol. The van der Waals surface area contributed by atoms with Crippen LogP contribution >= 0.6 is 0 Å². The van der Waals surface area contributed by atoms with Crippen LogP contribution in [0.4, 0.5) is 0 Å². The van der Waals surface area contributed by atoms with Crippen molar-refractivity contribution in [2.75, 3.05) is 0 Å². The van der Waals surface area contributed by atoms with E-state index >= 15 is 0 Å². The summed E-state index contributed by atoms with van der Waals surface area (Å²) in [7, 11) is 0. The van der Waals surface area contributed by atoms with E-state index in [2.05, 4.69) is 37.0 Å². The molecule has 0 bridgehead atoms. The number of ether oxygens (including phenoxy) is 1. The number of hydrogen-bond donors (Lipinski definition) is 1. The highest BCUT2D eigenvalue weighted by molar-refractivity contribution is 5.38. The third-order valence-electron chi connectivity index (χ3n) is 2.73. The fourth-order valence-electron chi connectivity index (χ4n) is 1.78. The van der Waals surface area contributed by atoms with E-state index in [1.807, 2.05) is 18.2 Å². The molecule has 0 radical (unpaired) electrons. The summed E-state index contributed by atoms with van der Waals surface area (Å²) in [6.07, 6.45) is 0. The van der Waals surface area contributed by atoms with E-state index in [0.29, 0.717) is 11.8 Å². The highest BCUT2D eigenvalue weighted by Crippen LogP contribution is 2.31. The van der Waals surface area contributed by atoms with Gasteiger partial charge in [-0.3, -0.25) is 0 Å². The van der Waals surface area contributed by atoms with Crippen LogP contribution in [0.2, 0.25) is 0 Å². The molecular formula is C14H19N3O2. The summed E-state index contributed by atoms with van der Waals surface area (Å²) in [4.78, 5) is 0. The second kappa shape index (κ2) is 5.40. The van der Waals surface area contributed by atoms with Gasteiger partial charge in [0.05, 0.1) is 6.54 Å². The van der Waals surface area contributed by atoms with Crippen LogP contribution < -0.4 is 10.5 Å². The van der Waals surface area contributed by atoms with Gasteiger partial charge in [-0.05, 0) is 17.0 Å². The third kappa shape index (κ3) is 3.32. The Balaban J connectivity index is 2.11. The van der Waals surface area contributed by atoms with E-state index in [0.717, 1.165) is 11.3 Å². The van der Waals surface area contributed by atoms with Crippen molar-refractivity contribution in [1.29, 1.82) is 0 Å².